The number of nitrogens with zero attached hydrogens (tertiary/aromatic N) is 3. The van der Waals surface area contributed by atoms with Gasteiger partial charge in [-0.05, 0) is 17.7 Å². The predicted octanol–water partition coefficient (Wildman–Crippen LogP) is 1.85. The Morgan fingerprint density at radius 1 is 1.21 bits per heavy atom. The maximum atomic E-state index is 12.9. The highest BCUT2D eigenvalue weighted by atomic mass is 19.1. The standard InChI is InChI=1S/C17H18FN3O3/c1-23-15-6-7-16(20-19-15)24-14-8-9-21(11-14)17(22)10-12-2-4-13(18)5-3-12/h2-7,14H,8-11H2,1H3. The number of hydrogen-bond donors (Lipinski definition) is 0. The molecule has 0 bridgehead atoms. The summed E-state index contributed by atoms with van der Waals surface area (Å²) in [6.07, 6.45) is 0.892. The van der Waals surface area contributed by atoms with E-state index in [0.29, 0.717) is 24.8 Å². The largest absolute Gasteiger partial charge is 0.480 e. The van der Waals surface area contributed by atoms with Crippen LogP contribution < -0.4 is 9.47 Å². The van der Waals surface area contributed by atoms with Gasteiger partial charge in [0.2, 0.25) is 17.7 Å². The van der Waals surface area contributed by atoms with Crippen LogP contribution >= 0.6 is 0 Å². The van der Waals surface area contributed by atoms with Gasteiger partial charge >= 0.3 is 0 Å². The van der Waals surface area contributed by atoms with E-state index < -0.39 is 0 Å². The maximum Gasteiger partial charge on any atom is 0.233 e. The van der Waals surface area contributed by atoms with Gasteiger partial charge in [-0.1, -0.05) is 12.1 Å². The van der Waals surface area contributed by atoms with Crippen LogP contribution in [0.3, 0.4) is 0 Å². The summed E-state index contributed by atoms with van der Waals surface area (Å²) in [4.78, 5) is 14.1. The topological polar surface area (TPSA) is 64.6 Å². The Morgan fingerprint density at radius 3 is 2.58 bits per heavy atom. The molecule has 2 aromatic rings. The summed E-state index contributed by atoms with van der Waals surface area (Å²) in [7, 11) is 1.52. The summed E-state index contributed by atoms with van der Waals surface area (Å²) >= 11 is 0. The zero-order valence-electron chi connectivity index (χ0n) is 13.3. The van der Waals surface area contributed by atoms with E-state index in [1.165, 1.54) is 19.2 Å². The third-order valence-electron chi connectivity index (χ3n) is 3.88. The van der Waals surface area contributed by atoms with Gasteiger partial charge in [-0.25, -0.2) is 4.39 Å². The lowest BCUT2D eigenvalue weighted by atomic mass is 10.1. The smallest absolute Gasteiger partial charge is 0.233 e. The van der Waals surface area contributed by atoms with E-state index in [1.54, 1.807) is 29.2 Å². The van der Waals surface area contributed by atoms with Gasteiger partial charge < -0.3 is 14.4 Å². The van der Waals surface area contributed by atoms with E-state index in [9.17, 15) is 9.18 Å². The van der Waals surface area contributed by atoms with Gasteiger partial charge in [0.05, 0.1) is 20.1 Å². The van der Waals surface area contributed by atoms with Crippen LogP contribution in [0.15, 0.2) is 36.4 Å². The number of aromatic nitrogens is 2. The fraction of sp³-hybridized carbons (Fsp3) is 0.353. The van der Waals surface area contributed by atoms with Crippen LogP contribution in [0.4, 0.5) is 4.39 Å². The number of halogens is 1. The Balaban J connectivity index is 1.52. The second-order valence-corrected chi connectivity index (χ2v) is 5.59. The zero-order chi connectivity index (χ0) is 16.9. The van der Waals surface area contributed by atoms with Crippen molar-refractivity contribution in [1.82, 2.24) is 15.1 Å². The molecule has 1 fully saturated rings. The molecule has 1 saturated heterocycles. The molecule has 3 rings (SSSR count). The van der Waals surface area contributed by atoms with Gasteiger partial charge in [0.15, 0.2) is 0 Å². The molecule has 0 N–H and O–H groups in total. The van der Waals surface area contributed by atoms with Crippen LogP contribution in [0.25, 0.3) is 0 Å². The molecule has 1 aliphatic heterocycles. The number of amides is 1. The average molecular weight is 331 g/mol. The molecule has 6 nitrogen and oxygen atoms in total. The highest BCUT2D eigenvalue weighted by molar-refractivity contribution is 5.79. The molecule has 0 spiro atoms. The van der Waals surface area contributed by atoms with Crippen LogP contribution in [-0.4, -0.2) is 47.3 Å². The van der Waals surface area contributed by atoms with Crippen molar-refractivity contribution >= 4 is 5.91 Å². The number of carbonyl (C=O) groups excluding carboxylic acids is 1. The van der Waals surface area contributed by atoms with E-state index >= 15 is 0 Å². The van der Waals surface area contributed by atoms with Crippen LogP contribution in [0.2, 0.25) is 0 Å². The lowest BCUT2D eigenvalue weighted by Crippen LogP contribution is -2.32. The summed E-state index contributed by atoms with van der Waals surface area (Å²) in [6, 6.07) is 9.35. The molecular formula is C17H18FN3O3. The van der Waals surface area contributed by atoms with Crippen molar-refractivity contribution in [3.8, 4) is 11.8 Å². The summed E-state index contributed by atoms with van der Waals surface area (Å²) in [6.45, 7) is 1.14. The number of benzene rings is 1. The first kappa shape index (κ1) is 16.2. The van der Waals surface area contributed by atoms with Gasteiger partial charge in [0.25, 0.3) is 0 Å². The van der Waals surface area contributed by atoms with E-state index in [2.05, 4.69) is 10.2 Å². The Labute approximate surface area is 139 Å². The van der Waals surface area contributed by atoms with Crippen molar-refractivity contribution in [2.24, 2.45) is 0 Å². The van der Waals surface area contributed by atoms with Crippen LogP contribution in [0.5, 0.6) is 11.8 Å². The number of methoxy groups -OCH3 is 1. The highest BCUT2D eigenvalue weighted by Gasteiger charge is 2.27. The fourth-order valence-electron chi connectivity index (χ4n) is 2.59. The third-order valence-corrected chi connectivity index (χ3v) is 3.88. The van der Waals surface area contributed by atoms with Gasteiger partial charge in [-0.2, -0.15) is 0 Å². The van der Waals surface area contributed by atoms with E-state index in [1.807, 2.05) is 0 Å². The molecule has 0 aliphatic carbocycles. The maximum absolute atomic E-state index is 12.9. The number of hydrogen-bond acceptors (Lipinski definition) is 5. The Hall–Kier alpha value is -2.70. The molecule has 1 amide bonds. The first-order valence-corrected chi connectivity index (χ1v) is 7.70. The van der Waals surface area contributed by atoms with Gasteiger partial charge in [0, 0.05) is 25.1 Å². The third kappa shape index (κ3) is 3.98. The fourth-order valence-corrected chi connectivity index (χ4v) is 2.59. The zero-order valence-corrected chi connectivity index (χ0v) is 13.3. The minimum Gasteiger partial charge on any atom is -0.480 e. The van der Waals surface area contributed by atoms with E-state index in [0.717, 1.165) is 12.0 Å². The predicted molar refractivity (Wildman–Crippen MR) is 84.3 cm³/mol. The quantitative estimate of drug-likeness (QED) is 0.836. The Morgan fingerprint density at radius 2 is 1.92 bits per heavy atom. The molecule has 1 aliphatic rings. The van der Waals surface area contributed by atoms with Crippen LogP contribution in [0.1, 0.15) is 12.0 Å². The molecule has 1 aromatic carbocycles. The molecule has 24 heavy (non-hydrogen) atoms. The van der Waals surface area contributed by atoms with Crippen molar-refractivity contribution in [3.63, 3.8) is 0 Å². The Kier molecular flexibility index (Phi) is 4.88. The van der Waals surface area contributed by atoms with E-state index in [-0.39, 0.29) is 24.2 Å². The van der Waals surface area contributed by atoms with Gasteiger partial charge in [0.1, 0.15) is 11.9 Å². The molecule has 1 atom stereocenters. The summed E-state index contributed by atoms with van der Waals surface area (Å²) in [5.74, 6) is 0.536. The van der Waals surface area contributed by atoms with Crippen molar-refractivity contribution in [2.45, 2.75) is 18.9 Å². The number of rotatable bonds is 5. The minimum atomic E-state index is -0.304. The summed E-state index contributed by atoms with van der Waals surface area (Å²) in [5.41, 5.74) is 0.798. The second-order valence-electron chi connectivity index (χ2n) is 5.59. The molecule has 2 heterocycles. The molecule has 1 unspecified atom stereocenters. The molecular weight excluding hydrogens is 313 g/mol. The molecule has 0 radical (unpaired) electrons. The van der Waals surface area contributed by atoms with Crippen molar-refractivity contribution < 1.29 is 18.7 Å². The summed E-state index contributed by atoms with van der Waals surface area (Å²) in [5, 5.41) is 7.77. The monoisotopic (exact) mass is 331 g/mol. The molecule has 1 aromatic heterocycles. The molecule has 126 valence electrons. The summed E-state index contributed by atoms with van der Waals surface area (Å²) < 4.78 is 23.6. The van der Waals surface area contributed by atoms with Crippen molar-refractivity contribution in [1.29, 1.82) is 0 Å². The highest BCUT2D eigenvalue weighted by Crippen LogP contribution is 2.18. The number of ether oxygens (including phenoxy) is 2. The molecule has 0 saturated carbocycles. The number of carbonyl (C=O) groups is 1. The van der Waals surface area contributed by atoms with Crippen molar-refractivity contribution in [3.05, 3.63) is 47.8 Å². The van der Waals surface area contributed by atoms with Crippen molar-refractivity contribution in [2.75, 3.05) is 20.2 Å². The SMILES string of the molecule is COc1ccc(OC2CCN(C(=O)Cc3ccc(F)cc3)C2)nn1. The van der Waals surface area contributed by atoms with Gasteiger partial charge in [-0.3, -0.25) is 4.79 Å². The normalized spacial score (nSPS) is 16.9. The van der Waals surface area contributed by atoms with Gasteiger partial charge in [-0.15, -0.1) is 10.2 Å². The van der Waals surface area contributed by atoms with E-state index in [4.69, 9.17) is 9.47 Å². The van der Waals surface area contributed by atoms with Crippen LogP contribution in [0, 0.1) is 5.82 Å². The first-order valence-electron chi connectivity index (χ1n) is 7.70. The first-order chi connectivity index (χ1) is 11.6. The second kappa shape index (κ2) is 7.25. The van der Waals surface area contributed by atoms with Crippen LogP contribution in [-0.2, 0) is 11.2 Å². The molecule has 7 heteroatoms. The minimum absolute atomic E-state index is 0.00789. The Bertz CT molecular complexity index is 691. The average Bonchev–Trinajstić information content (AvgIpc) is 3.06. The number of likely N-dealkylation sites (tertiary alicyclic amines) is 1. The lowest BCUT2D eigenvalue weighted by Gasteiger charge is -2.17. The lowest BCUT2D eigenvalue weighted by molar-refractivity contribution is -0.129.